The Bertz CT molecular complexity index is 1090. The summed E-state index contributed by atoms with van der Waals surface area (Å²) in [5.41, 5.74) is 1.31. The van der Waals surface area contributed by atoms with E-state index in [-0.39, 0.29) is 23.3 Å². The van der Waals surface area contributed by atoms with E-state index in [2.05, 4.69) is 10.6 Å². The van der Waals surface area contributed by atoms with Gasteiger partial charge in [0, 0.05) is 16.6 Å². The van der Waals surface area contributed by atoms with E-state index in [0.717, 1.165) is 0 Å². The van der Waals surface area contributed by atoms with Gasteiger partial charge in [0.05, 0.1) is 31.2 Å². The van der Waals surface area contributed by atoms with Crippen molar-refractivity contribution in [3.63, 3.8) is 0 Å². The molecule has 3 aromatic carbocycles. The van der Waals surface area contributed by atoms with Crippen molar-refractivity contribution in [2.75, 3.05) is 30.6 Å². The zero-order valence-corrected chi connectivity index (χ0v) is 17.9. The number of phenols is 1. The van der Waals surface area contributed by atoms with Crippen molar-refractivity contribution in [2.45, 2.75) is 4.90 Å². The molecule has 0 saturated heterocycles. The minimum atomic E-state index is -0.370. The van der Waals surface area contributed by atoms with Crippen molar-refractivity contribution in [1.82, 2.24) is 0 Å². The lowest BCUT2D eigenvalue weighted by molar-refractivity contribution is -0.113. The number of ether oxygens (including phenoxy) is 2. The highest BCUT2D eigenvalue weighted by molar-refractivity contribution is 8.00. The van der Waals surface area contributed by atoms with Crippen LogP contribution in [0.25, 0.3) is 0 Å². The van der Waals surface area contributed by atoms with Gasteiger partial charge in [-0.05, 0) is 36.4 Å². The Kier molecular flexibility index (Phi) is 7.40. The minimum Gasteiger partial charge on any atom is -0.506 e. The maximum Gasteiger partial charge on any atom is 0.256 e. The molecule has 0 atom stereocenters. The van der Waals surface area contributed by atoms with Crippen LogP contribution in [-0.2, 0) is 4.79 Å². The lowest BCUT2D eigenvalue weighted by atomic mass is 10.2. The van der Waals surface area contributed by atoms with E-state index in [1.54, 1.807) is 67.8 Å². The maximum absolute atomic E-state index is 12.7. The lowest BCUT2D eigenvalue weighted by Gasteiger charge is -2.12. The average molecular weight is 439 g/mol. The molecule has 0 fully saturated rings. The predicted octanol–water partition coefficient (Wildman–Crippen LogP) is 4.39. The number of rotatable bonds is 8. The molecule has 0 aliphatic heterocycles. The monoisotopic (exact) mass is 438 g/mol. The second-order valence-corrected chi connectivity index (χ2v) is 7.39. The fourth-order valence-corrected chi connectivity index (χ4v) is 3.65. The molecule has 0 aromatic heterocycles. The van der Waals surface area contributed by atoms with Crippen LogP contribution < -0.4 is 20.1 Å². The number of phenolic OH excluding ortho intramolecular Hbond substituents is 1. The van der Waals surface area contributed by atoms with E-state index in [1.807, 2.05) is 0 Å². The average Bonchev–Trinajstić information content (AvgIpc) is 2.79. The van der Waals surface area contributed by atoms with E-state index < -0.39 is 0 Å². The zero-order valence-electron chi connectivity index (χ0n) is 17.0. The molecular formula is C23H22N2O5S. The molecule has 2 amide bonds. The number of hydrogen-bond donors (Lipinski definition) is 3. The number of benzene rings is 3. The Balaban J connectivity index is 1.65. The van der Waals surface area contributed by atoms with E-state index in [1.165, 1.54) is 24.9 Å². The molecule has 160 valence electrons. The lowest BCUT2D eigenvalue weighted by Crippen LogP contribution is -2.16. The molecule has 3 aromatic rings. The van der Waals surface area contributed by atoms with Crippen LogP contribution in [0, 0.1) is 0 Å². The summed E-state index contributed by atoms with van der Waals surface area (Å²) in [5, 5.41) is 15.4. The molecule has 0 bridgehead atoms. The molecule has 0 saturated carbocycles. The zero-order chi connectivity index (χ0) is 22.2. The van der Waals surface area contributed by atoms with Crippen molar-refractivity contribution < 1.29 is 24.2 Å². The third-order valence-corrected chi connectivity index (χ3v) is 5.38. The van der Waals surface area contributed by atoms with Gasteiger partial charge in [0.15, 0.2) is 11.5 Å². The van der Waals surface area contributed by atoms with Gasteiger partial charge in [0.25, 0.3) is 5.91 Å². The fourth-order valence-electron chi connectivity index (χ4n) is 2.80. The van der Waals surface area contributed by atoms with Gasteiger partial charge >= 0.3 is 0 Å². The van der Waals surface area contributed by atoms with Crippen LogP contribution in [0.15, 0.2) is 71.6 Å². The first-order valence-corrected chi connectivity index (χ1v) is 10.3. The van der Waals surface area contributed by atoms with Crippen molar-refractivity contribution >= 4 is 35.0 Å². The molecule has 0 spiro atoms. The van der Waals surface area contributed by atoms with Crippen LogP contribution >= 0.6 is 11.8 Å². The van der Waals surface area contributed by atoms with E-state index in [9.17, 15) is 14.7 Å². The first-order chi connectivity index (χ1) is 15.0. The predicted molar refractivity (Wildman–Crippen MR) is 121 cm³/mol. The van der Waals surface area contributed by atoms with Crippen LogP contribution in [0.1, 0.15) is 10.4 Å². The third-order valence-electron chi connectivity index (χ3n) is 4.31. The molecule has 3 N–H and O–H groups in total. The standard InChI is InChI=1S/C23H22N2O5S/c1-29-19-12-11-15(13-20(19)30-2)24-22(27)14-31-21-10-6-3-7-16(21)23(28)25-17-8-4-5-9-18(17)26/h3-13,26H,14H2,1-2H3,(H,24,27)(H,25,28). The topological polar surface area (TPSA) is 96.9 Å². The quantitative estimate of drug-likeness (QED) is 0.356. The number of hydrogen-bond acceptors (Lipinski definition) is 6. The van der Waals surface area contributed by atoms with Crippen LogP contribution in [-0.4, -0.2) is 36.9 Å². The minimum absolute atomic E-state index is 0.0183. The Morgan fingerprint density at radius 1 is 0.903 bits per heavy atom. The highest BCUT2D eigenvalue weighted by Crippen LogP contribution is 2.30. The first-order valence-electron chi connectivity index (χ1n) is 9.35. The van der Waals surface area contributed by atoms with Gasteiger partial charge in [-0.25, -0.2) is 0 Å². The molecule has 3 rings (SSSR count). The normalized spacial score (nSPS) is 10.3. The summed E-state index contributed by atoms with van der Waals surface area (Å²) in [4.78, 5) is 25.8. The van der Waals surface area contributed by atoms with Crippen molar-refractivity contribution in [2.24, 2.45) is 0 Å². The summed E-state index contributed by atoms with van der Waals surface area (Å²) in [7, 11) is 3.07. The van der Waals surface area contributed by atoms with Crippen LogP contribution in [0.3, 0.4) is 0 Å². The van der Waals surface area contributed by atoms with Crippen molar-refractivity contribution in [3.05, 3.63) is 72.3 Å². The second kappa shape index (κ2) is 10.4. The number of carbonyl (C=O) groups excluding carboxylic acids is 2. The number of anilines is 2. The van der Waals surface area contributed by atoms with E-state index >= 15 is 0 Å². The van der Waals surface area contributed by atoms with Crippen molar-refractivity contribution in [3.8, 4) is 17.2 Å². The summed E-state index contributed by atoms with van der Waals surface area (Å²) >= 11 is 1.24. The Morgan fingerprint density at radius 2 is 1.61 bits per heavy atom. The molecule has 7 nitrogen and oxygen atoms in total. The third kappa shape index (κ3) is 5.70. The molecular weight excluding hydrogens is 416 g/mol. The summed E-state index contributed by atoms with van der Waals surface area (Å²) in [5.74, 6) is 0.571. The number of aromatic hydroxyl groups is 1. The number of carbonyl (C=O) groups is 2. The van der Waals surface area contributed by atoms with Crippen LogP contribution in [0.2, 0.25) is 0 Å². The first kappa shape index (κ1) is 22.0. The second-order valence-electron chi connectivity index (χ2n) is 6.37. The fraction of sp³-hybridized carbons (Fsp3) is 0.130. The SMILES string of the molecule is COc1ccc(NC(=O)CSc2ccccc2C(=O)Nc2ccccc2O)cc1OC. The number of thioether (sulfide) groups is 1. The highest BCUT2D eigenvalue weighted by atomic mass is 32.2. The molecule has 0 heterocycles. The summed E-state index contributed by atoms with van der Waals surface area (Å²) < 4.78 is 10.4. The maximum atomic E-state index is 12.7. The number of para-hydroxylation sites is 2. The highest BCUT2D eigenvalue weighted by Gasteiger charge is 2.15. The summed E-state index contributed by atoms with van der Waals surface area (Å²) in [6, 6.07) is 18.6. The van der Waals surface area contributed by atoms with Gasteiger partial charge in [-0.2, -0.15) is 0 Å². The van der Waals surface area contributed by atoms with Crippen LogP contribution in [0.5, 0.6) is 17.2 Å². The van der Waals surface area contributed by atoms with Gasteiger partial charge in [0.1, 0.15) is 5.75 Å². The van der Waals surface area contributed by atoms with Gasteiger partial charge in [-0.1, -0.05) is 24.3 Å². The van der Waals surface area contributed by atoms with Gasteiger partial charge in [-0.15, -0.1) is 11.8 Å². The van der Waals surface area contributed by atoms with Crippen molar-refractivity contribution in [1.29, 1.82) is 0 Å². The largest absolute Gasteiger partial charge is 0.506 e. The number of amides is 2. The molecule has 0 radical (unpaired) electrons. The molecule has 0 unspecified atom stereocenters. The van der Waals surface area contributed by atoms with Gasteiger partial charge in [-0.3, -0.25) is 9.59 Å². The van der Waals surface area contributed by atoms with Crippen LogP contribution in [0.4, 0.5) is 11.4 Å². The van der Waals surface area contributed by atoms with Gasteiger partial charge < -0.3 is 25.2 Å². The van der Waals surface area contributed by atoms with Gasteiger partial charge in [0.2, 0.25) is 5.91 Å². The number of nitrogens with one attached hydrogen (secondary N) is 2. The molecule has 31 heavy (non-hydrogen) atoms. The smallest absolute Gasteiger partial charge is 0.256 e. The molecule has 8 heteroatoms. The summed E-state index contributed by atoms with van der Waals surface area (Å²) in [6.07, 6.45) is 0. The molecule has 0 aliphatic carbocycles. The Morgan fingerprint density at radius 3 is 2.35 bits per heavy atom. The Hall–Kier alpha value is -3.65. The molecule has 0 aliphatic rings. The Labute approximate surface area is 184 Å². The van der Waals surface area contributed by atoms with E-state index in [0.29, 0.717) is 33.3 Å². The number of methoxy groups -OCH3 is 2. The van der Waals surface area contributed by atoms with E-state index in [4.69, 9.17) is 9.47 Å². The summed E-state index contributed by atoms with van der Waals surface area (Å²) in [6.45, 7) is 0.